The van der Waals surface area contributed by atoms with E-state index >= 15 is 0 Å². The number of guanidine groups is 1. The summed E-state index contributed by atoms with van der Waals surface area (Å²) in [6.45, 7) is 4.16. The Balaban J connectivity index is 0.00000338. The molecule has 1 aromatic heterocycles. The highest BCUT2D eigenvalue weighted by Gasteiger charge is 2.02. The summed E-state index contributed by atoms with van der Waals surface area (Å²) in [6.07, 6.45) is 0.846. The molecule has 26 heavy (non-hydrogen) atoms. The van der Waals surface area contributed by atoms with Crippen molar-refractivity contribution in [1.29, 1.82) is 0 Å². The van der Waals surface area contributed by atoms with Crippen molar-refractivity contribution in [2.24, 2.45) is 4.99 Å². The molecule has 2 aromatic rings. The van der Waals surface area contributed by atoms with Gasteiger partial charge in [0.2, 0.25) is 0 Å². The normalized spacial score (nSPS) is 10.8. The van der Waals surface area contributed by atoms with Gasteiger partial charge in [-0.2, -0.15) is 0 Å². The van der Waals surface area contributed by atoms with E-state index in [2.05, 4.69) is 27.5 Å². The standard InChI is InChI=1S/C19H26ClN5.HI/c1-4-21-19(22-13-12-15-8-5-6-10-17(15)20)23-14-16-9-7-11-18(24-16)25(2)3;/h5-11H,4,12-14H2,1-3H3,(H2,21,22,23);1H. The second-order valence-corrected chi connectivity index (χ2v) is 6.25. The van der Waals surface area contributed by atoms with Gasteiger partial charge in [-0.05, 0) is 37.1 Å². The first-order valence-electron chi connectivity index (χ1n) is 8.49. The van der Waals surface area contributed by atoms with Gasteiger partial charge in [0.25, 0.3) is 0 Å². The highest BCUT2D eigenvalue weighted by molar-refractivity contribution is 14.0. The largest absolute Gasteiger partial charge is 0.363 e. The van der Waals surface area contributed by atoms with Gasteiger partial charge >= 0.3 is 0 Å². The number of rotatable bonds is 7. The van der Waals surface area contributed by atoms with Crippen LogP contribution in [0.15, 0.2) is 47.5 Å². The van der Waals surface area contributed by atoms with E-state index < -0.39 is 0 Å². The number of benzene rings is 1. The summed E-state index contributed by atoms with van der Waals surface area (Å²) >= 11 is 6.20. The SMILES string of the molecule is CCNC(=NCc1cccc(N(C)C)n1)NCCc1ccccc1Cl.I. The molecule has 0 aliphatic rings. The van der Waals surface area contributed by atoms with Crippen LogP contribution in [-0.2, 0) is 13.0 Å². The van der Waals surface area contributed by atoms with Crippen molar-refractivity contribution in [3.05, 3.63) is 58.7 Å². The molecule has 2 N–H and O–H groups in total. The first-order valence-corrected chi connectivity index (χ1v) is 8.86. The van der Waals surface area contributed by atoms with Crippen molar-refractivity contribution in [1.82, 2.24) is 15.6 Å². The van der Waals surface area contributed by atoms with Crippen molar-refractivity contribution < 1.29 is 0 Å². The summed E-state index contributed by atoms with van der Waals surface area (Å²) in [5, 5.41) is 7.41. The van der Waals surface area contributed by atoms with E-state index in [-0.39, 0.29) is 24.0 Å². The quantitative estimate of drug-likeness (QED) is 0.355. The molecule has 0 spiro atoms. The number of nitrogens with zero attached hydrogens (tertiary/aromatic N) is 3. The van der Waals surface area contributed by atoms with E-state index in [4.69, 9.17) is 11.6 Å². The predicted octanol–water partition coefficient (Wildman–Crippen LogP) is 3.72. The number of hydrogen-bond donors (Lipinski definition) is 2. The first kappa shape index (κ1) is 22.5. The van der Waals surface area contributed by atoms with Crippen LogP contribution in [0.5, 0.6) is 0 Å². The second kappa shape index (κ2) is 12.0. The van der Waals surface area contributed by atoms with E-state index in [0.717, 1.165) is 47.6 Å². The van der Waals surface area contributed by atoms with Gasteiger partial charge in [0.1, 0.15) is 5.82 Å². The third-order valence-corrected chi connectivity index (χ3v) is 4.01. The van der Waals surface area contributed by atoms with Crippen LogP contribution in [0.1, 0.15) is 18.2 Å². The highest BCUT2D eigenvalue weighted by atomic mass is 127. The Hall–Kier alpha value is -1.54. The van der Waals surface area contributed by atoms with Gasteiger partial charge in [-0.25, -0.2) is 9.98 Å². The highest BCUT2D eigenvalue weighted by Crippen LogP contribution is 2.14. The molecule has 0 saturated carbocycles. The molecule has 0 saturated heterocycles. The Morgan fingerprint density at radius 1 is 1.12 bits per heavy atom. The third-order valence-electron chi connectivity index (χ3n) is 3.64. The molecule has 1 heterocycles. The van der Waals surface area contributed by atoms with Crippen LogP contribution in [0.4, 0.5) is 5.82 Å². The topological polar surface area (TPSA) is 52.6 Å². The fourth-order valence-electron chi connectivity index (χ4n) is 2.32. The van der Waals surface area contributed by atoms with Crippen LogP contribution in [0.3, 0.4) is 0 Å². The Labute approximate surface area is 178 Å². The van der Waals surface area contributed by atoms with E-state index in [1.54, 1.807) is 0 Å². The van der Waals surface area contributed by atoms with Crippen molar-refractivity contribution in [2.75, 3.05) is 32.1 Å². The van der Waals surface area contributed by atoms with Gasteiger partial charge in [0.15, 0.2) is 5.96 Å². The summed E-state index contributed by atoms with van der Waals surface area (Å²) in [6, 6.07) is 13.9. The van der Waals surface area contributed by atoms with Gasteiger partial charge in [0, 0.05) is 32.2 Å². The molecule has 2 rings (SSSR count). The molecule has 7 heteroatoms. The summed E-state index contributed by atoms with van der Waals surface area (Å²) < 4.78 is 0. The fourth-order valence-corrected chi connectivity index (χ4v) is 2.55. The molecule has 0 aliphatic carbocycles. The number of aliphatic imine (C=N–C) groups is 1. The second-order valence-electron chi connectivity index (χ2n) is 5.84. The molecule has 0 atom stereocenters. The van der Waals surface area contributed by atoms with Crippen molar-refractivity contribution >= 4 is 47.4 Å². The van der Waals surface area contributed by atoms with Crippen LogP contribution < -0.4 is 15.5 Å². The van der Waals surface area contributed by atoms with E-state index in [1.807, 2.05) is 61.5 Å². The van der Waals surface area contributed by atoms with E-state index in [9.17, 15) is 0 Å². The average Bonchev–Trinajstić information content (AvgIpc) is 2.61. The molecule has 0 aliphatic heterocycles. The van der Waals surface area contributed by atoms with Gasteiger partial charge < -0.3 is 15.5 Å². The minimum Gasteiger partial charge on any atom is -0.363 e. The number of aromatic nitrogens is 1. The van der Waals surface area contributed by atoms with Gasteiger partial charge in [-0.15, -0.1) is 24.0 Å². The van der Waals surface area contributed by atoms with Gasteiger partial charge in [-0.3, -0.25) is 0 Å². The first-order chi connectivity index (χ1) is 12.1. The summed E-state index contributed by atoms with van der Waals surface area (Å²) in [7, 11) is 3.96. The molecule has 142 valence electrons. The van der Waals surface area contributed by atoms with Crippen LogP contribution in [0.2, 0.25) is 5.02 Å². The number of anilines is 1. The number of halogens is 2. The minimum absolute atomic E-state index is 0. The fraction of sp³-hybridized carbons (Fsp3) is 0.368. The lowest BCUT2D eigenvalue weighted by atomic mass is 10.1. The minimum atomic E-state index is 0. The summed E-state index contributed by atoms with van der Waals surface area (Å²) in [5.74, 6) is 1.72. The Morgan fingerprint density at radius 3 is 2.58 bits per heavy atom. The number of pyridine rings is 1. The van der Waals surface area contributed by atoms with E-state index in [1.165, 1.54) is 0 Å². The van der Waals surface area contributed by atoms with Crippen LogP contribution >= 0.6 is 35.6 Å². The van der Waals surface area contributed by atoms with Gasteiger partial charge in [0.05, 0.1) is 12.2 Å². The van der Waals surface area contributed by atoms with Crippen LogP contribution in [-0.4, -0.2) is 38.1 Å². The average molecular weight is 488 g/mol. The molecular weight excluding hydrogens is 461 g/mol. The molecule has 0 amide bonds. The van der Waals surface area contributed by atoms with Gasteiger partial charge in [-0.1, -0.05) is 35.9 Å². The zero-order chi connectivity index (χ0) is 18.1. The van der Waals surface area contributed by atoms with Crippen LogP contribution in [0, 0.1) is 0 Å². The summed E-state index contributed by atoms with van der Waals surface area (Å²) in [5.41, 5.74) is 2.07. The molecule has 0 unspecified atom stereocenters. The van der Waals surface area contributed by atoms with Crippen LogP contribution in [0.25, 0.3) is 0 Å². The van der Waals surface area contributed by atoms with E-state index in [0.29, 0.717) is 6.54 Å². The maximum absolute atomic E-state index is 6.20. The molecule has 5 nitrogen and oxygen atoms in total. The lowest BCUT2D eigenvalue weighted by molar-refractivity contribution is 0.796. The Kier molecular flexibility index (Phi) is 10.3. The van der Waals surface area contributed by atoms with Crippen molar-refractivity contribution in [3.63, 3.8) is 0 Å². The maximum atomic E-state index is 6.20. The molecule has 0 bridgehead atoms. The number of nitrogens with one attached hydrogen (secondary N) is 2. The predicted molar refractivity (Wildman–Crippen MR) is 122 cm³/mol. The van der Waals surface area contributed by atoms with Crippen molar-refractivity contribution in [2.45, 2.75) is 19.9 Å². The zero-order valence-electron chi connectivity index (χ0n) is 15.5. The maximum Gasteiger partial charge on any atom is 0.191 e. The lowest BCUT2D eigenvalue weighted by Crippen LogP contribution is -2.38. The third kappa shape index (κ3) is 7.37. The zero-order valence-corrected chi connectivity index (χ0v) is 18.6. The molecule has 0 fully saturated rings. The Bertz CT molecular complexity index is 706. The molecule has 0 radical (unpaired) electrons. The smallest absolute Gasteiger partial charge is 0.191 e. The Morgan fingerprint density at radius 2 is 1.88 bits per heavy atom. The monoisotopic (exact) mass is 487 g/mol. The molecular formula is C19H27ClIN5. The summed E-state index contributed by atoms with van der Waals surface area (Å²) in [4.78, 5) is 11.2. The molecule has 1 aromatic carbocycles. The number of hydrogen-bond acceptors (Lipinski definition) is 3. The van der Waals surface area contributed by atoms with Crippen molar-refractivity contribution in [3.8, 4) is 0 Å². The lowest BCUT2D eigenvalue weighted by Gasteiger charge is -2.13.